The summed E-state index contributed by atoms with van der Waals surface area (Å²) in [6.45, 7) is 1.38. The molecular weight excluding hydrogens is 256 g/mol. The van der Waals surface area contributed by atoms with Crippen molar-refractivity contribution in [3.8, 4) is 11.5 Å². The summed E-state index contributed by atoms with van der Waals surface area (Å²) in [4.78, 5) is 11.5. The maximum absolute atomic E-state index is 11.5. The normalized spacial score (nSPS) is 13.9. The zero-order chi connectivity index (χ0) is 14.4. The molecule has 1 saturated carbocycles. The number of benzene rings is 1. The number of carbonyl (C=O) groups excluding carboxylic acids is 1. The van der Waals surface area contributed by atoms with E-state index in [2.05, 4.69) is 10.6 Å². The average Bonchev–Trinajstić information content (AvgIpc) is 3.27. The first-order chi connectivity index (χ1) is 9.72. The Morgan fingerprint density at radius 2 is 2.00 bits per heavy atom. The first kappa shape index (κ1) is 14.7. The highest BCUT2D eigenvalue weighted by atomic mass is 16.5. The molecule has 2 rings (SSSR count). The Hall–Kier alpha value is -1.75. The lowest BCUT2D eigenvalue weighted by atomic mass is 10.2. The van der Waals surface area contributed by atoms with Crippen LogP contribution in [0.5, 0.6) is 11.5 Å². The van der Waals surface area contributed by atoms with E-state index in [0.717, 1.165) is 29.9 Å². The molecule has 1 aliphatic rings. The van der Waals surface area contributed by atoms with Crippen molar-refractivity contribution in [1.29, 1.82) is 0 Å². The van der Waals surface area contributed by atoms with Crippen LogP contribution in [-0.4, -0.2) is 32.7 Å². The van der Waals surface area contributed by atoms with E-state index in [1.54, 1.807) is 14.2 Å². The number of rotatable bonds is 8. The Bertz CT molecular complexity index is 458. The fourth-order valence-corrected chi connectivity index (χ4v) is 1.95. The quantitative estimate of drug-likeness (QED) is 0.707. The number of nitrogens with one attached hydrogen (secondary N) is 2. The first-order valence-electron chi connectivity index (χ1n) is 6.94. The lowest BCUT2D eigenvalue weighted by Crippen LogP contribution is -2.28. The third kappa shape index (κ3) is 4.42. The minimum Gasteiger partial charge on any atom is -0.493 e. The van der Waals surface area contributed by atoms with Gasteiger partial charge in [-0.2, -0.15) is 0 Å². The van der Waals surface area contributed by atoms with Gasteiger partial charge in [0.2, 0.25) is 5.91 Å². The predicted molar refractivity (Wildman–Crippen MR) is 77.0 cm³/mol. The highest BCUT2D eigenvalue weighted by Crippen LogP contribution is 2.27. The maximum atomic E-state index is 11.5. The molecule has 0 aromatic heterocycles. The Kier molecular flexibility index (Phi) is 5.24. The zero-order valence-electron chi connectivity index (χ0n) is 12.1. The molecule has 5 heteroatoms. The third-order valence-corrected chi connectivity index (χ3v) is 3.25. The number of ether oxygens (including phenoxy) is 2. The first-order valence-corrected chi connectivity index (χ1v) is 6.94. The molecule has 0 atom stereocenters. The monoisotopic (exact) mass is 278 g/mol. The number of methoxy groups -OCH3 is 2. The molecule has 1 aromatic rings. The van der Waals surface area contributed by atoms with Crippen LogP contribution in [-0.2, 0) is 11.3 Å². The molecule has 2 N–H and O–H groups in total. The lowest BCUT2D eigenvalue weighted by molar-refractivity contribution is -0.121. The molecule has 0 spiro atoms. The van der Waals surface area contributed by atoms with E-state index >= 15 is 0 Å². The number of amides is 1. The molecule has 20 heavy (non-hydrogen) atoms. The Labute approximate surface area is 119 Å². The standard InChI is InChI=1S/C15H22N2O3/c1-19-13-6-3-11(9-14(13)20-2)10-16-8-7-15(18)17-12-4-5-12/h3,6,9,12,16H,4-5,7-8,10H2,1-2H3,(H,17,18). The van der Waals surface area contributed by atoms with Gasteiger partial charge in [0.1, 0.15) is 0 Å². The van der Waals surface area contributed by atoms with Gasteiger partial charge in [-0.3, -0.25) is 4.79 Å². The topological polar surface area (TPSA) is 59.6 Å². The van der Waals surface area contributed by atoms with Crippen molar-refractivity contribution in [2.24, 2.45) is 0 Å². The summed E-state index contributed by atoms with van der Waals surface area (Å²) in [7, 11) is 3.24. The fourth-order valence-electron chi connectivity index (χ4n) is 1.95. The average molecular weight is 278 g/mol. The van der Waals surface area contributed by atoms with Crippen LogP contribution in [0.1, 0.15) is 24.8 Å². The van der Waals surface area contributed by atoms with Crippen LogP contribution in [0.15, 0.2) is 18.2 Å². The molecule has 0 unspecified atom stereocenters. The van der Waals surface area contributed by atoms with Crippen LogP contribution in [0, 0.1) is 0 Å². The van der Waals surface area contributed by atoms with Gasteiger partial charge in [-0.15, -0.1) is 0 Å². The van der Waals surface area contributed by atoms with Gasteiger partial charge >= 0.3 is 0 Å². The number of hydrogen-bond donors (Lipinski definition) is 2. The highest BCUT2D eigenvalue weighted by molar-refractivity contribution is 5.76. The predicted octanol–water partition coefficient (Wildman–Crippen LogP) is 1.46. The van der Waals surface area contributed by atoms with Crippen molar-refractivity contribution in [2.45, 2.75) is 31.8 Å². The Morgan fingerprint density at radius 1 is 1.25 bits per heavy atom. The maximum Gasteiger partial charge on any atom is 0.221 e. The summed E-state index contributed by atoms with van der Waals surface area (Å²) < 4.78 is 10.4. The molecule has 1 fully saturated rings. The molecule has 1 aliphatic carbocycles. The summed E-state index contributed by atoms with van der Waals surface area (Å²) in [5.74, 6) is 1.57. The van der Waals surface area contributed by atoms with Crippen molar-refractivity contribution >= 4 is 5.91 Å². The second kappa shape index (κ2) is 7.14. The van der Waals surface area contributed by atoms with E-state index in [4.69, 9.17) is 9.47 Å². The summed E-state index contributed by atoms with van der Waals surface area (Å²) >= 11 is 0. The van der Waals surface area contributed by atoms with Crippen LogP contribution >= 0.6 is 0 Å². The molecule has 1 aromatic carbocycles. The van der Waals surface area contributed by atoms with Crippen LogP contribution in [0.25, 0.3) is 0 Å². The van der Waals surface area contributed by atoms with E-state index in [9.17, 15) is 4.79 Å². The van der Waals surface area contributed by atoms with E-state index in [0.29, 0.717) is 25.6 Å². The minimum atomic E-state index is 0.132. The molecular formula is C15H22N2O3. The molecule has 1 amide bonds. The van der Waals surface area contributed by atoms with Gasteiger partial charge in [-0.05, 0) is 30.5 Å². The van der Waals surface area contributed by atoms with Crippen LogP contribution in [0.3, 0.4) is 0 Å². The van der Waals surface area contributed by atoms with Gasteiger partial charge in [0.15, 0.2) is 11.5 Å². The Balaban J connectivity index is 1.71. The number of hydrogen-bond acceptors (Lipinski definition) is 4. The Morgan fingerprint density at radius 3 is 2.65 bits per heavy atom. The van der Waals surface area contributed by atoms with Gasteiger partial charge in [0.05, 0.1) is 14.2 Å². The molecule has 0 bridgehead atoms. The molecule has 0 saturated heterocycles. The van der Waals surface area contributed by atoms with E-state index in [-0.39, 0.29) is 5.91 Å². The third-order valence-electron chi connectivity index (χ3n) is 3.25. The van der Waals surface area contributed by atoms with Gasteiger partial charge in [0, 0.05) is 25.6 Å². The largest absolute Gasteiger partial charge is 0.493 e. The van der Waals surface area contributed by atoms with Crippen molar-refractivity contribution in [3.05, 3.63) is 23.8 Å². The van der Waals surface area contributed by atoms with E-state index < -0.39 is 0 Å². The summed E-state index contributed by atoms with van der Waals surface area (Å²) in [5.41, 5.74) is 1.10. The zero-order valence-corrected chi connectivity index (χ0v) is 12.1. The minimum absolute atomic E-state index is 0.132. The van der Waals surface area contributed by atoms with Crippen LogP contribution < -0.4 is 20.1 Å². The fraction of sp³-hybridized carbons (Fsp3) is 0.533. The highest BCUT2D eigenvalue weighted by Gasteiger charge is 2.22. The second-order valence-electron chi connectivity index (χ2n) is 4.96. The van der Waals surface area contributed by atoms with Crippen molar-refractivity contribution in [1.82, 2.24) is 10.6 Å². The van der Waals surface area contributed by atoms with Gasteiger partial charge in [-0.25, -0.2) is 0 Å². The summed E-state index contributed by atoms with van der Waals surface area (Å²) in [6.07, 6.45) is 2.78. The lowest BCUT2D eigenvalue weighted by Gasteiger charge is -2.10. The van der Waals surface area contributed by atoms with Crippen molar-refractivity contribution in [2.75, 3.05) is 20.8 Å². The molecule has 0 aliphatic heterocycles. The molecule has 0 radical (unpaired) electrons. The van der Waals surface area contributed by atoms with Crippen molar-refractivity contribution < 1.29 is 14.3 Å². The molecule has 0 heterocycles. The van der Waals surface area contributed by atoms with Gasteiger partial charge in [-0.1, -0.05) is 6.07 Å². The SMILES string of the molecule is COc1ccc(CNCCC(=O)NC2CC2)cc1OC. The van der Waals surface area contributed by atoms with Gasteiger partial charge in [0.25, 0.3) is 0 Å². The van der Waals surface area contributed by atoms with Crippen molar-refractivity contribution in [3.63, 3.8) is 0 Å². The second-order valence-corrected chi connectivity index (χ2v) is 4.96. The van der Waals surface area contributed by atoms with Crippen LogP contribution in [0.4, 0.5) is 0 Å². The van der Waals surface area contributed by atoms with E-state index in [1.807, 2.05) is 18.2 Å². The smallest absolute Gasteiger partial charge is 0.221 e. The molecule has 5 nitrogen and oxygen atoms in total. The van der Waals surface area contributed by atoms with E-state index in [1.165, 1.54) is 0 Å². The van der Waals surface area contributed by atoms with Crippen LogP contribution in [0.2, 0.25) is 0 Å². The van der Waals surface area contributed by atoms with Gasteiger partial charge < -0.3 is 20.1 Å². The summed E-state index contributed by atoms with van der Waals surface area (Å²) in [5, 5.41) is 6.23. The number of carbonyl (C=O) groups is 1. The summed E-state index contributed by atoms with van der Waals surface area (Å²) in [6, 6.07) is 6.25. The molecule has 110 valence electrons.